The Morgan fingerprint density at radius 1 is 0.917 bits per heavy atom. The molecular formula is C35H53F2N9O2. The highest BCUT2D eigenvalue weighted by atomic mass is 19.1. The van der Waals surface area contributed by atoms with Crippen molar-refractivity contribution in [3.05, 3.63) is 23.8 Å². The lowest BCUT2D eigenvalue weighted by molar-refractivity contribution is -0.136. The van der Waals surface area contributed by atoms with Gasteiger partial charge < -0.3 is 21.3 Å². The molecule has 13 heteroatoms. The van der Waals surface area contributed by atoms with Crippen LogP contribution in [0.2, 0.25) is 0 Å². The van der Waals surface area contributed by atoms with E-state index in [1.807, 2.05) is 0 Å². The summed E-state index contributed by atoms with van der Waals surface area (Å²) in [5.74, 6) is -0.958. The van der Waals surface area contributed by atoms with Crippen molar-refractivity contribution >= 4 is 23.3 Å². The standard InChI is InChI=1S/C35H53F2N9O2/c36-25-20-39-32-28(31(38)42-46(32)22-25)33(47)41-27-21-40-35(13-6-4-2-1-3-5-7-14-35)30(37)29(27)44-17-10-24(11-18-44)34(48)45-19-12-26(23-45)43-15-8-9-16-43/h20,22,24,26-27,29-30,40H,1-19,21,23H2,(H2,38,42)(H,41,47)/t26-,27?,29?,30?/m0/s1. The zero-order chi connectivity index (χ0) is 33.3. The summed E-state index contributed by atoms with van der Waals surface area (Å²) in [4.78, 5) is 38.4. The lowest BCUT2D eigenvalue weighted by atomic mass is 9.73. The van der Waals surface area contributed by atoms with Crippen molar-refractivity contribution in [1.82, 2.24) is 39.9 Å². The smallest absolute Gasteiger partial charge is 0.259 e. The van der Waals surface area contributed by atoms with Crippen LogP contribution >= 0.6 is 0 Å². The van der Waals surface area contributed by atoms with E-state index in [9.17, 15) is 14.0 Å². The maximum absolute atomic E-state index is 17.4. The second kappa shape index (κ2) is 14.5. The van der Waals surface area contributed by atoms with Gasteiger partial charge in [-0.05, 0) is 71.1 Å². The number of halogens is 2. The average molecular weight is 670 g/mol. The van der Waals surface area contributed by atoms with Crippen LogP contribution in [0.25, 0.3) is 5.65 Å². The number of alkyl halides is 1. The van der Waals surface area contributed by atoms with E-state index in [4.69, 9.17) is 5.73 Å². The molecule has 264 valence electrons. The van der Waals surface area contributed by atoms with E-state index >= 15 is 4.39 Å². The number of nitrogens with one attached hydrogen (secondary N) is 2. The van der Waals surface area contributed by atoms with Crippen molar-refractivity contribution in [2.75, 3.05) is 51.5 Å². The van der Waals surface area contributed by atoms with Gasteiger partial charge in [0.05, 0.1) is 30.0 Å². The maximum Gasteiger partial charge on any atom is 0.259 e. The van der Waals surface area contributed by atoms with Crippen LogP contribution in [0.4, 0.5) is 14.6 Å². The summed E-state index contributed by atoms with van der Waals surface area (Å²) in [7, 11) is 0. The fraction of sp³-hybridized carbons (Fsp3) is 0.771. The van der Waals surface area contributed by atoms with Gasteiger partial charge in [0.25, 0.3) is 5.91 Å². The summed E-state index contributed by atoms with van der Waals surface area (Å²) < 4.78 is 32.4. The van der Waals surface area contributed by atoms with E-state index in [1.54, 1.807) is 0 Å². The molecule has 1 saturated carbocycles. The molecule has 4 atom stereocenters. The Morgan fingerprint density at radius 3 is 2.31 bits per heavy atom. The molecule has 2 aromatic heterocycles. The first kappa shape index (κ1) is 33.6. The molecule has 3 unspecified atom stereocenters. The Kier molecular flexibility index (Phi) is 10.2. The van der Waals surface area contributed by atoms with Crippen LogP contribution in [-0.2, 0) is 4.79 Å². The maximum atomic E-state index is 17.4. The van der Waals surface area contributed by atoms with Gasteiger partial charge in [0.1, 0.15) is 11.7 Å². The highest BCUT2D eigenvalue weighted by molar-refractivity contribution is 6.04. The highest BCUT2D eigenvalue weighted by Gasteiger charge is 2.52. The Morgan fingerprint density at radius 2 is 1.60 bits per heavy atom. The number of amides is 2. The molecule has 0 bridgehead atoms. The molecule has 2 aromatic rings. The van der Waals surface area contributed by atoms with Crippen molar-refractivity contribution in [3.8, 4) is 0 Å². The van der Waals surface area contributed by atoms with E-state index in [2.05, 4.69) is 35.4 Å². The summed E-state index contributed by atoms with van der Waals surface area (Å²) in [5, 5.41) is 10.8. The van der Waals surface area contributed by atoms with E-state index in [0.717, 1.165) is 83.5 Å². The molecule has 0 aromatic carbocycles. The number of piperidine rings is 2. The topological polar surface area (TPSA) is 124 Å². The van der Waals surface area contributed by atoms with E-state index in [0.29, 0.717) is 38.5 Å². The van der Waals surface area contributed by atoms with Gasteiger partial charge in [-0.25, -0.2) is 18.3 Å². The number of nitrogen functional groups attached to an aromatic ring is 1. The summed E-state index contributed by atoms with van der Waals surface area (Å²) in [6, 6.07) is -0.628. The molecule has 4 N–H and O–H groups in total. The lowest BCUT2D eigenvalue weighted by Gasteiger charge is -2.53. The van der Waals surface area contributed by atoms with Crippen molar-refractivity contribution < 1.29 is 18.4 Å². The van der Waals surface area contributed by atoms with Crippen LogP contribution < -0.4 is 16.4 Å². The minimum atomic E-state index is -1.21. The molecule has 1 aliphatic carbocycles. The second-order valence-electron chi connectivity index (χ2n) is 15.1. The molecule has 11 nitrogen and oxygen atoms in total. The highest BCUT2D eigenvalue weighted by Crippen LogP contribution is 2.38. The van der Waals surface area contributed by atoms with Gasteiger partial charge in [0, 0.05) is 31.6 Å². The number of carbonyl (C=O) groups is 2. The van der Waals surface area contributed by atoms with Crippen molar-refractivity contribution in [2.45, 2.75) is 120 Å². The van der Waals surface area contributed by atoms with Gasteiger partial charge in [0.2, 0.25) is 5.91 Å². The SMILES string of the molecule is Nc1nn2cc(F)cnc2c1C(=O)NC1CNC2(CCCCCCCCC2)C(F)C1N1CCC(C(=O)N2CC[C@H](N3CCCC3)C2)CC1. The molecule has 7 rings (SSSR count). The van der Waals surface area contributed by atoms with Crippen LogP contribution in [-0.4, -0.2) is 117 Å². The minimum absolute atomic E-state index is 0.0558. The van der Waals surface area contributed by atoms with Crippen LogP contribution in [0, 0.1) is 11.7 Å². The Labute approximate surface area is 282 Å². The average Bonchev–Trinajstić information content (AvgIpc) is 3.86. The van der Waals surface area contributed by atoms with Crippen molar-refractivity contribution in [3.63, 3.8) is 0 Å². The number of hydrogen-bond donors (Lipinski definition) is 3. The fourth-order valence-corrected chi connectivity index (χ4v) is 9.42. The quantitative estimate of drug-likeness (QED) is 0.442. The van der Waals surface area contributed by atoms with Gasteiger partial charge >= 0.3 is 0 Å². The zero-order valence-corrected chi connectivity index (χ0v) is 28.2. The predicted octanol–water partition coefficient (Wildman–Crippen LogP) is 3.53. The summed E-state index contributed by atoms with van der Waals surface area (Å²) >= 11 is 0. The van der Waals surface area contributed by atoms with Crippen molar-refractivity contribution in [2.24, 2.45) is 5.92 Å². The number of nitrogens with two attached hydrogens (primary N) is 1. The number of carbonyl (C=O) groups excluding carboxylic acids is 2. The monoisotopic (exact) mass is 669 g/mol. The normalized spacial score (nSPS) is 29.8. The molecule has 4 aliphatic heterocycles. The third-order valence-electron chi connectivity index (χ3n) is 12.1. The number of aromatic nitrogens is 3. The molecule has 6 heterocycles. The van der Waals surface area contributed by atoms with Crippen molar-refractivity contribution in [1.29, 1.82) is 0 Å². The largest absolute Gasteiger partial charge is 0.381 e. The van der Waals surface area contributed by atoms with Crippen LogP contribution in [0.5, 0.6) is 0 Å². The third-order valence-corrected chi connectivity index (χ3v) is 12.1. The lowest BCUT2D eigenvalue weighted by Crippen LogP contribution is -2.73. The third kappa shape index (κ3) is 6.79. The number of fused-ring (bicyclic) bond motifs is 1. The van der Waals surface area contributed by atoms with E-state index < -0.39 is 35.5 Å². The molecule has 0 radical (unpaired) electrons. The molecule has 1 spiro atoms. The Bertz CT molecular complexity index is 1430. The summed E-state index contributed by atoms with van der Waals surface area (Å²) in [6.45, 7) is 5.56. The number of hydrogen-bond acceptors (Lipinski definition) is 8. The second-order valence-corrected chi connectivity index (χ2v) is 15.1. The minimum Gasteiger partial charge on any atom is -0.381 e. The van der Waals surface area contributed by atoms with E-state index in [1.165, 1.54) is 36.6 Å². The van der Waals surface area contributed by atoms with Crippen LogP contribution in [0.15, 0.2) is 12.4 Å². The van der Waals surface area contributed by atoms with Gasteiger partial charge in [-0.1, -0.05) is 44.9 Å². The Hall–Kier alpha value is -2.90. The van der Waals surface area contributed by atoms with Crippen LogP contribution in [0.3, 0.4) is 0 Å². The molecule has 4 saturated heterocycles. The molecule has 5 aliphatic rings. The number of nitrogens with zero attached hydrogens (tertiary/aromatic N) is 6. The first-order valence-electron chi connectivity index (χ1n) is 18.6. The van der Waals surface area contributed by atoms with E-state index in [-0.39, 0.29) is 28.9 Å². The van der Waals surface area contributed by atoms with Gasteiger partial charge in [-0.2, -0.15) is 0 Å². The number of anilines is 1. The summed E-state index contributed by atoms with van der Waals surface area (Å²) in [5.41, 5.74) is 5.69. The molecule has 5 fully saturated rings. The van der Waals surface area contributed by atoms with Gasteiger partial charge in [-0.3, -0.25) is 19.4 Å². The van der Waals surface area contributed by atoms with Gasteiger partial charge in [-0.15, -0.1) is 5.10 Å². The fourth-order valence-electron chi connectivity index (χ4n) is 9.42. The summed E-state index contributed by atoms with van der Waals surface area (Å²) in [6.07, 6.45) is 15.2. The zero-order valence-electron chi connectivity index (χ0n) is 28.2. The molecular weight excluding hydrogens is 616 g/mol. The van der Waals surface area contributed by atoms with Crippen LogP contribution in [0.1, 0.15) is 100 Å². The predicted molar refractivity (Wildman–Crippen MR) is 180 cm³/mol. The molecule has 2 amide bonds. The number of likely N-dealkylation sites (tertiary alicyclic amines) is 3. The van der Waals surface area contributed by atoms with Gasteiger partial charge in [0.15, 0.2) is 17.3 Å². The molecule has 48 heavy (non-hydrogen) atoms. The first-order chi connectivity index (χ1) is 23.3. The number of rotatable bonds is 5. The first-order valence-corrected chi connectivity index (χ1v) is 18.6. The Balaban J connectivity index is 1.08.